The highest BCUT2D eigenvalue weighted by molar-refractivity contribution is 5.98. The molecule has 2 aromatic carbocycles. The minimum absolute atomic E-state index is 0.0968. The molecule has 2 amide bonds. The van der Waals surface area contributed by atoms with Crippen molar-refractivity contribution in [2.24, 2.45) is 0 Å². The number of nitrogens with one attached hydrogen (secondary N) is 1. The number of anilines is 2. The molecule has 1 saturated heterocycles. The molecule has 136 valence electrons. The molecule has 6 heteroatoms. The van der Waals surface area contributed by atoms with E-state index in [0.717, 1.165) is 23.4 Å². The number of carbonyl (C=O) groups excluding carboxylic acids is 2. The molecule has 0 saturated carbocycles. The molecule has 26 heavy (non-hydrogen) atoms. The SMILES string of the molecule is COc1ccc(CC(=O)Nc2ccc(N3CCCC3=O)c(OC)c2)cc1. The van der Waals surface area contributed by atoms with Crippen LogP contribution in [0.2, 0.25) is 0 Å². The Bertz CT molecular complexity index is 802. The van der Waals surface area contributed by atoms with E-state index in [1.165, 1.54) is 0 Å². The lowest BCUT2D eigenvalue weighted by Gasteiger charge is -2.19. The largest absolute Gasteiger partial charge is 0.497 e. The van der Waals surface area contributed by atoms with Crippen molar-refractivity contribution in [2.75, 3.05) is 31.0 Å². The summed E-state index contributed by atoms with van der Waals surface area (Å²) in [5.74, 6) is 1.30. The number of hydrogen-bond acceptors (Lipinski definition) is 4. The van der Waals surface area contributed by atoms with E-state index in [0.29, 0.717) is 24.4 Å². The molecule has 1 N–H and O–H groups in total. The van der Waals surface area contributed by atoms with Gasteiger partial charge in [-0.2, -0.15) is 0 Å². The third-order valence-electron chi connectivity index (χ3n) is 4.35. The second-order valence-electron chi connectivity index (χ2n) is 6.11. The van der Waals surface area contributed by atoms with Gasteiger partial charge in [-0.15, -0.1) is 0 Å². The Morgan fingerprint density at radius 2 is 1.88 bits per heavy atom. The average Bonchev–Trinajstić information content (AvgIpc) is 3.08. The summed E-state index contributed by atoms with van der Waals surface area (Å²) in [6.07, 6.45) is 1.67. The minimum atomic E-state index is -0.123. The lowest BCUT2D eigenvalue weighted by Crippen LogP contribution is -2.24. The van der Waals surface area contributed by atoms with Crippen molar-refractivity contribution in [3.05, 3.63) is 48.0 Å². The van der Waals surface area contributed by atoms with Crippen LogP contribution in [0.3, 0.4) is 0 Å². The summed E-state index contributed by atoms with van der Waals surface area (Å²) in [5.41, 5.74) is 2.27. The van der Waals surface area contributed by atoms with Crippen molar-refractivity contribution in [3.63, 3.8) is 0 Å². The predicted octanol–water partition coefficient (Wildman–Crippen LogP) is 3.01. The van der Waals surface area contributed by atoms with Gasteiger partial charge in [-0.3, -0.25) is 9.59 Å². The topological polar surface area (TPSA) is 67.9 Å². The lowest BCUT2D eigenvalue weighted by atomic mass is 10.1. The van der Waals surface area contributed by atoms with E-state index in [2.05, 4.69) is 5.32 Å². The van der Waals surface area contributed by atoms with Crippen LogP contribution in [0.15, 0.2) is 42.5 Å². The average molecular weight is 354 g/mol. The molecular weight excluding hydrogens is 332 g/mol. The maximum atomic E-state index is 12.3. The number of amides is 2. The molecule has 1 heterocycles. The van der Waals surface area contributed by atoms with Crippen LogP contribution in [0.4, 0.5) is 11.4 Å². The first-order valence-electron chi connectivity index (χ1n) is 8.52. The standard InChI is InChI=1S/C20H22N2O4/c1-25-16-8-5-14(6-9-16)12-19(23)21-15-7-10-17(18(13-15)26-2)22-11-3-4-20(22)24/h5-10,13H,3-4,11-12H2,1-2H3,(H,21,23). The van der Waals surface area contributed by atoms with Gasteiger partial charge in [0, 0.05) is 24.7 Å². The van der Waals surface area contributed by atoms with Crippen LogP contribution in [0.5, 0.6) is 11.5 Å². The van der Waals surface area contributed by atoms with Gasteiger partial charge in [0.2, 0.25) is 11.8 Å². The fraction of sp³-hybridized carbons (Fsp3) is 0.300. The van der Waals surface area contributed by atoms with E-state index >= 15 is 0 Å². The van der Waals surface area contributed by atoms with Gasteiger partial charge in [0.05, 0.1) is 26.3 Å². The molecule has 0 bridgehead atoms. The second kappa shape index (κ2) is 7.91. The number of rotatable bonds is 6. The monoisotopic (exact) mass is 354 g/mol. The molecule has 6 nitrogen and oxygen atoms in total. The summed E-state index contributed by atoms with van der Waals surface area (Å²) in [6, 6.07) is 12.7. The first-order chi connectivity index (χ1) is 12.6. The second-order valence-corrected chi connectivity index (χ2v) is 6.11. The molecule has 3 rings (SSSR count). The van der Waals surface area contributed by atoms with Gasteiger partial charge in [-0.25, -0.2) is 0 Å². The number of nitrogens with zero attached hydrogens (tertiary/aromatic N) is 1. The van der Waals surface area contributed by atoms with Gasteiger partial charge in [-0.05, 0) is 36.2 Å². The van der Waals surface area contributed by atoms with Gasteiger partial charge < -0.3 is 19.7 Å². The Labute approximate surface area is 152 Å². The van der Waals surface area contributed by atoms with Crippen LogP contribution in [-0.4, -0.2) is 32.6 Å². The number of benzene rings is 2. The van der Waals surface area contributed by atoms with Crippen molar-refractivity contribution in [3.8, 4) is 11.5 Å². The van der Waals surface area contributed by atoms with E-state index in [1.807, 2.05) is 30.3 Å². The summed E-state index contributed by atoms with van der Waals surface area (Å²) in [6.45, 7) is 0.693. The van der Waals surface area contributed by atoms with Gasteiger partial charge in [0.15, 0.2) is 0 Å². The van der Waals surface area contributed by atoms with Crippen LogP contribution in [0.1, 0.15) is 18.4 Å². The van der Waals surface area contributed by atoms with E-state index in [-0.39, 0.29) is 18.2 Å². The van der Waals surface area contributed by atoms with Crippen LogP contribution >= 0.6 is 0 Å². The van der Waals surface area contributed by atoms with Gasteiger partial charge in [0.25, 0.3) is 0 Å². The van der Waals surface area contributed by atoms with Crippen LogP contribution in [0, 0.1) is 0 Å². The molecule has 1 aliphatic heterocycles. The van der Waals surface area contributed by atoms with Crippen LogP contribution in [0.25, 0.3) is 0 Å². The first-order valence-corrected chi connectivity index (χ1v) is 8.52. The number of methoxy groups -OCH3 is 2. The molecule has 0 atom stereocenters. The highest BCUT2D eigenvalue weighted by Crippen LogP contribution is 2.33. The van der Waals surface area contributed by atoms with Gasteiger partial charge in [-0.1, -0.05) is 12.1 Å². The van der Waals surface area contributed by atoms with E-state index in [4.69, 9.17) is 9.47 Å². The Balaban J connectivity index is 1.68. The Hall–Kier alpha value is -3.02. The fourth-order valence-electron chi connectivity index (χ4n) is 3.02. The lowest BCUT2D eigenvalue weighted by molar-refractivity contribution is -0.117. The number of ether oxygens (including phenoxy) is 2. The van der Waals surface area contributed by atoms with Crippen molar-refractivity contribution in [1.82, 2.24) is 0 Å². The maximum Gasteiger partial charge on any atom is 0.228 e. The number of carbonyl (C=O) groups is 2. The van der Waals surface area contributed by atoms with Crippen molar-refractivity contribution >= 4 is 23.2 Å². The third kappa shape index (κ3) is 3.96. The molecule has 0 radical (unpaired) electrons. The Kier molecular flexibility index (Phi) is 5.41. The zero-order valence-electron chi connectivity index (χ0n) is 15.0. The van der Waals surface area contributed by atoms with E-state index in [9.17, 15) is 9.59 Å². The minimum Gasteiger partial charge on any atom is -0.497 e. The van der Waals surface area contributed by atoms with Crippen molar-refractivity contribution < 1.29 is 19.1 Å². The Morgan fingerprint density at radius 3 is 2.50 bits per heavy atom. The molecule has 2 aromatic rings. The summed E-state index contributed by atoms with van der Waals surface area (Å²) in [7, 11) is 3.16. The smallest absolute Gasteiger partial charge is 0.228 e. The van der Waals surface area contributed by atoms with Gasteiger partial charge >= 0.3 is 0 Å². The molecule has 1 fully saturated rings. The first kappa shape index (κ1) is 17.8. The molecule has 0 aromatic heterocycles. The Morgan fingerprint density at radius 1 is 1.12 bits per heavy atom. The quantitative estimate of drug-likeness (QED) is 0.866. The van der Waals surface area contributed by atoms with E-state index < -0.39 is 0 Å². The summed E-state index contributed by atoms with van der Waals surface area (Å²) < 4.78 is 10.5. The highest BCUT2D eigenvalue weighted by atomic mass is 16.5. The molecule has 0 aliphatic carbocycles. The van der Waals surface area contributed by atoms with E-state index in [1.54, 1.807) is 31.3 Å². The predicted molar refractivity (Wildman–Crippen MR) is 99.9 cm³/mol. The van der Waals surface area contributed by atoms with Crippen molar-refractivity contribution in [2.45, 2.75) is 19.3 Å². The van der Waals surface area contributed by atoms with Crippen molar-refractivity contribution in [1.29, 1.82) is 0 Å². The molecule has 0 unspecified atom stereocenters. The molecule has 0 spiro atoms. The maximum absolute atomic E-state index is 12.3. The van der Waals surface area contributed by atoms with Crippen LogP contribution < -0.4 is 19.7 Å². The zero-order valence-corrected chi connectivity index (χ0v) is 15.0. The normalized spacial score (nSPS) is 13.6. The number of hydrogen-bond donors (Lipinski definition) is 1. The summed E-state index contributed by atoms with van der Waals surface area (Å²) in [4.78, 5) is 26.0. The summed E-state index contributed by atoms with van der Waals surface area (Å²) in [5, 5.41) is 2.87. The van der Waals surface area contributed by atoms with Gasteiger partial charge in [0.1, 0.15) is 11.5 Å². The highest BCUT2D eigenvalue weighted by Gasteiger charge is 2.24. The van der Waals surface area contributed by atoms with Crippen LogP contribution in [-0.2, 0) is 16.0 Å². The zero-order chi connectivity index (χ0) is 18.5. The molecular formula is C20H22N2O4. The third-order valence-corrected chi connectivity index (χ3v) is 4.35. The summed E-state index contributed by atoms with van der Waals surface area (Å²) >= 11 is 0. The fourth-order valence-corrected chi connectivity index (χ4v) is 3.02. The molecule has 1 aliphatic rings.